The molecule has 0 aliphatic carbocycles. The number of ether oxygens (including phenoxy) is 3. The summed E-state index contributed by atoms with van der Waals surface area (Å²) >= 11 is 0. The summed E-state index contributed by atoms with van der Waals surface area (Å²) in [5.74, 6) is 1.68. The van der Waals surface area contributed by atoms with E-state index in [2.05, 4.69) is 0 Å². The van der Waals surface area contributed by atoms with Crippen molar-refractivity contribution in [3.8, 4) is 17.2 Å². The van der Waals surface area contributed by atoms with Crippen molar-refractivity contribution in [3.05, 3.63) is 53.6 Å². The lowest BCUT2D eigenvalue weighted by Gasteiger charge is -2.39. The molecule has 0 radical (unpaired) electrons. The maximum atomic E-state index is 12.9. The van der Waals surface area contributed by atoms with Gasteiger partial charge in [-0.05, 0) is 37.1 Å². The third kappa shape index (κ3) is 3.71. The van der Waals surface area contributed by atoms with E-state index >= 15 is 0 Å². The Morgan fingerprint density at radius 2 is 1.56 bits per heavy atom. The molecule has 1 heterocycles. The van der Waals surface area contributed by atoms with Crippen molar-refractivity contribution >= 4 is 5.91 Å². The van der Waals surface area contributed by atoms with Gasteiger partial charge in [0.1, 0.15) is 5.75 Å². The first-order chi connectivity index (χ1) is 13.0. The highest BCUT2D eigenvalue weighted by atomic mass is 16.5. The van der Waals surface area contributed by atoms with Gasteiger partial charge in [0.15, 0.2) is 11.5 Å². The minimum absolute atomic E-state index is 0.0852. The lowest BCUT2D eigenvalue weighted by Crippen LogP contribution is -2.45. The number of hydrogen-bond donors (Lipinski definition) is 1. The first-order valence-corrected chi connectivity index (χ1v) is 8.89. The third-order valence-corrected chi connectivity index (χ3v) is 5.12. The Balaban J connectivity index is 1.74. The average molecular weight is 371 g/mol. The Labute approximate surface area is 159 Å². The van der Waals surface area contributed by atoms with Gasteiger partial charge >= 0.3 is 0 Å². The molecule has 2 aromatic rings. The number of piperidine rings is 1. The zero-order valence-corrected chi connectivity index (χ0v) is 15.9. The summed E-state index contributed by atoms with van der Waals surface area (Å²) in [6, 6.07) is 12.6. The minimum atomic E-state index is -0.999. The minimum Gasteiger partial charge on any atom is -0.496 e. The number of carbonyl (C=O) groups excluding carboxylic acids is 1. The quantitative estimate of drug-likeness (QED) is 0.875. The Kier molecular flexibility index (Phi) is 5.56. The van der Waals surface area contributed by atoms with Gasteiger partial charge in [-0.25, -0.2) is 0 Å². The summed E-state index contributed by atoms with van der Waals surface area (Å²) in [6.07, 6.45) is 0.902. The number of carbonyl (C=O) groups is 1. The summed E-state index contributed by atoms with van der Waals surface area (Å²) in [4.78, 5) is 14.6. The molecule has 6 nitrogen and oxygen atoms in total. The number of aliphatic hydroxyl groups is 1. The molecule has 1 aliphatic rings. The number of likely N-dealkylation sites (tertiary alicyclic amines) is 1. The topological polar surface area (TPSA) is 68.2 Å². The molecule has 2 aromatic carbocycles. The second-order valence-electron chi connectivity index (χ2n) is 6.59. The predicted octanol–water partition coefficient (Wildman–Crippen LogP) is 2.84. The van der Waals surface area contributed by atoms with Crippen LogP contribution in [-0.2, 0) is 5.60 Å². The van der Waals surface area contributed by atoms with Gasteiger partial charge in [0, 0.05) is 24.2 Å². The van der Waals surface area contributed by atoms with Gasteiger partial charge in [0.05, 0.1) is 26.9 Å². The summed E-state index contributed by atoms with van der Waals surface area (Å²) in [6.45, 7) is 0.920. The van der Waals surface area contributed by atoms with Crippen LogP contribution in [-0.4, -0.2) is 50.3 Å². The van der Waals surface area contributed by atoms with Crippen LogP contribution in [0.5, 0.6) is 17.2 Å². The van der Waals surface area contributed by atoms with Crippen LogP contribution >= 0.6 is 0 Å². The number of nitrogens with zero attached hydrogens (tertiary/aromatic N) is 1. The smallest absolute Gasteiger partial charge is 0.253 e. The molecule has 0 bridgehead atoms. The fourth-order valence-electron chi connectivity index (χ4n) is 3.53. The summed E-state index contributed by atoms with van der Waals surface area (Å²) < 4.78 is 15.9. The van der Waals surface area contributed by atoms with Crippen molar-refractivity contribution in [2.75, 3.05) is 34.4 Å². The van der Waals surface area contributed by atoms with E-state index in [1.54, 1.807) is 44.4 Å². The molecular weight excluding hydrogens is 346 g/mol. The zero-order chi connectivity index (χ0) is 19.4. The molecule has 0 aromatic heterocycles. The Bertz CT molecular complexity index is 812. The highest BCUT2D eigenvalue weighted by Gasteiger charge is 2.37. The molecule has 1 fully saturated rings. The van der Waals surface area contributed by atoms with E-state index in [9.17, 15) is 9.90 Å². The SMILES string of the molecule is COc1ccc(C(=O)N2CCC(O)(c3ccccc3OC)CC2)cc1OC. The predicted molar refractivity (Wildman–Crippen MR) is 102 cm³/mol. The molecule has 0 atom stereocenters. The number of methoxy groups -OCH3 is 3. The van der Waals surface area contributed by atoms with Crippen molar-refractivity contribution in [2.24, 2.45) is 0 Å². The highest BCUT2D eigenvalue weighted by molar-refractivity contribution is 5.95. The Morgan fingerprint density at radius 3 is 2.19 bits per heavy atom. The number of hydrogen-bond acceptors (Lipinski definition) is 5. The van der Waals surface area contributed by atoms with Gasteiger partial charge in [-0.3, -0.25) is 4.79 Å². The fraction of sp³-hybridized carbons (Fsp3) is 0.381. The van der Waals surface area contributed by atoms with Crippen LogP contribution in [0.2, 0.25) is 0 Å². The van der Waals surface area contributed by atoms with Crippen LogP contribution in [0, 0.1) is 0 Å². The highest BCUT2D eigenvalue weighted by Crippen LogP contribution is 2.38. The molecule has 1 aliphatic heterocycles. The van der Waals surface area contributed by atoms with Crippen molar-refractivity contribution in [1.82, 2.24) is 4.90 Å². The molecular formula is C21H25NO5. The molecule has 27 heavy (non-hydrogen) atoms. The molecule has 6 heteroatoms. The number of para-hydroxylation sites is 1. The fourth-order valence-corrected chi connectivity index (χ4v) is 3.53. The summed E-state index contributed by atoms with van der Waals surface area (Å²) in [5.41, 5.74) is 0.308. The standard InChI is InChI=1S/C21H25NO5/c1-25-17-7-5-4-6-16(17)21(24)10-12-22(13-11-21)20(23)15-8-9-18(26-2)19(14-15)27-3/h4-9,14,24H,10-13H2,1-3H3. The molecule has 1 N–H and O–H groups in total. The summed E-state index contributed by atoms with van der Waals surface area (Å²) in [7, 11) is 4.70. The van der Waals surface area contributed by atoms with Gasteiger partial charge in [-0.1, -0.05) is 18.2 Å². The van der Waals surface area contributed by atoms with Gasteiger partial charge in [-0.15, -0.1) is 0 Å². The van der Waals surface area contributed by atoms with Crippen LogP contribution < -0.4 is 14.2 Å². The van der Waals surface area contributed by atoms with Crippen LogP contribution in [0.25, 0.3) is 0 Å². The Morgan fingerprint density at radius 1 is 0.926 bits per heavy atom. The van der Waals surface area contributed by atoms with Crippen molar-refractivity contribution < 1.29 is 24.1 Å². The second kappa shape index (κ2) is 7.88. The van der Waals surface area contributed by atoms with E-state index in [0.29, 0.717) is 48.7 Å². The third-order valence-electron chi connectivity index (χ3n) is 5.12. The normalized spacial score (nSPS) is 15.9. The molecule has 0 unspecified atom stereocenters. The second-order valence-corrected chi connectivity index (χ2v) is 6.59. The van der Waals surface area contributed by atoms with Crippen LogP contribution in [0.3, 0.4) is 0 Å². The lowest BCUT2D eigenvalue weighted by molar-refractivity contribution is -0.0226. The zero-order valence-electron chi connectivity index (χ0n) is 15.9. The monoisotopic (exact) mass is 371 g/mol. The van der Waals surface area contributed by atoms with Gasteiger partial charge in [0.2, 0.25) is 0 Å². The van der Waals surface area contributed by atoms with E-state index in [-0.39, 0.29) is 5.91 Å². The Hall–Kier alpha value is -2.73. The molecule has 1 amide bonds. The van der Waals surface area contributed by atoms with E-state index in [4.69, 9.17) is 14.2 Å². The summed E-state index contributed by atoms with van der Waals surface area (Å²) in [5, 5.41) is 11.1. The maximum Gasteiger partial charge on any atom is 0.253 e. The van der Waals surface area contributed by atoms with E-state index < -0.39 is 5.60 Å². The van der Waals surface area contributed by atoms with Crippen LogP contribution in [0.15, 0.2) is 42.5 Å². The molecule has 0 saturated carbocycles. The van der Waals surface area contributed by atoms with Crippen molar-refractivity contribution in [1.29, 1.82) is 0 Å². The molecule has 3 rings (SSSR count). The molecule has 1 saturated heterocycles. The van der Waals surface area contributed by atoms with Crippen molar-refractivity contribution in [2.45, 2.75) is 18.4 Å². The van der Waals surface area contributed by atoms with E-state index in [1.165, 1.54) is 0 Å². The van der Waals surface area contributed by atoms with Crippen molar-refractivity contribution in [3.63, 3.8) is 0 Å². The van der Waals surface area contributed by atoms with Gasteiger partial charge in [-0.2, -0.15) is 0 Å². The number of rotatable bonds is 5. The number of amides is 1. The van der Waals surface area contributed by atoms with Gasteiger partial charge < -0.3 is 24.2 Å². The van der Waals surface area contributed by atoms with Crippen LogP contribution in [0.4, 0.5) is 0 Å². The average Bonchev–Trinajstić information content (AvgIpc) is 2.73. The maximum absolute atomic E-state index is 12.9. The van der Waals surface area contributed by atoms with E-state index in [1.807, 2.05) is 24.3 Å². The largest absolute Gasteiger partial charge is 0.496 e. The molecule has 144 valence electrons. The lowest BCUT2D eigenvalue weighted by atomic mass is 9.83. The first kappa shape index (κ1) is 19.0. The first-order valence-electron chi connectivity index (χ1n) is 8.89. The van der Waals surface area contributed by atoms with E-state index in [0.717, 1.165) is 5.56 Å². The van der Waals surface area contributed by atoms with Gasteiger partial charge in [0.25, 0.3) is 5.91 Å². The molecule has 0 spiro atoms. The number of benzene rings is 2. The van der Waals surface area contributed by atoms with Crippen LogP contribution in [0.1, 0.15) is 28.8 Å².